The smallest absolute Gasteiger partial charge is 0.224 e. The van der Waals surface area contributed by atoms with Crippen LogP contribution in [-0.2, 0) is 10.0 Å². The van der Waals surface area contributed by atoms with E-state index >= 15 is 0 Å². The third-order valence-electron chi connectivity index (χ3n) is 4.23. The summed E-state index contributed by atoms with van der Waals surface area (Å²) >= 11 is 5.39. The molecule has 0 spiro atoms. The lowest BCUT2D eigenvalue weighted by Gasteiger charge is -2.19. The molecule has 1 aliphatic carbocycles. The fraction of sp³-hybridized carbons (Fsp3) is 0.105. The third kappa shape index (κ3) is 3.87. The number of nitrogens with two attached hydrogens (primary N) is 1. The molecule has 3 rings (SSSR count). The summed E-state index contributed by atoms with van der Waals surface area (Å²) in [7, 11) is -4.52. The van der Waals surface area contributed by atoms with Crippen molar-refractivity contribution in [2.75, 3.05) is 0 Å². The number of rotatable bonds is 3. The van der Waals surface area contributed by atoms with E-state index in [1.807, 2.05) is 0 Å². The molecule has 2 N–H and O–H groups in total. The molecule has 8 heteroatoms. The molecule has 1 aliphatic rings. The molecule has 0 aromatic heterocycles. The van der Waals surface area contributed by atoms with Gasteiger partial charge in [0.2, 0.25) is 10.0 Å². The lowest BCUT2D eigenvalue weighted by molar-refractivity contribution is 0.519. The number of thiocarbonyl (C=S) groups is 1. The number of hydrogen-bond donors (Lipinski definition) is 1. The normalized spacial score (nSPS) is 17.1. The van der Waals surface area contributed by atoms with Gasteiger partial charge in [-0.15, -0.1) is 0 Å². The Kier molecular flexibility index (Phi) is 5.07. The molecule has 0 saturated heterocycles. The van der Waals surface area contributed by atoms with Gasteiger partial charge >= 0.3 is 0 Å². The van der Waals surface area contributed by atoms with Crippen LogP contribution in [0.4, 0.5) is 13.2 Å². The van der Waals surface area contributed by atoms with Crippen LogP contribution in [0.15, 0.2) is 53.5 Å². The Labute approximate surface area is 160 Å². The summed E-state index contributed by atoms with van der Waals surface area (Å²) in [5.74, 6) is -3.14. The zero-order valence-electron chi connectivity index (χ0n) is 14.0. The van der Waals surface area contributed by atoms with Gasteiger partial charge in [0.1, 0.15) is 17.5 Å². The molecular formula is C19H14F3NO2S2. The highest BCUT2D eigenvalue weighted by atomic mass is 32.2. The van der Waals surface area contributed by atoms with E-state index in [0.29, 0.717) is 16.0 Å². The van der Waals surface area contributed by atoms with E-state index < -0.39 is 26.6 Å². The van der Waals surface area contributed by atoms with Gasteiger partial charge in [0.05, 0.1) is 0 Å². The maximum Gasteiger partial charge on any atom is 0.243 e. The van der Waals surface area contributed by atoms with E-state index in [0.717, 1.165) is 17.7 Å². The number of aryl methyl sites for hydroxylation is 1. The van der Waals surface area contributed by atoms with Gasteiger partial charge in [-0.05, 0) is 53.5 Å². The highest BCUT2D eigenvalue weighted by molar-refractivity contribution is 7.89. The predicted octanol–water partition coefficient (Wildman–Crippen LogP) is 4.17. The molecule has 2 aromatic rings. The molecule has 0 radical (unpaired) electrons. The minimum atomic E-state index is -4.52. The minimum absolute atomic E-state index is 0.129. The maximum absolute atomic E-state index is 14.1. The van der Waals surface area contributed by atoms with Crippen molar-refractivity contribution in [3.05, 3.63) is 82.7 Å². The highest BCUT2D eigenvalue weighted by Crippen LogP contribution is 2.31. The molecule has 0 amide bonds. The van der Waals surface area contributed by atoms with E-state index in [1.54, 1.807) is 37.3 Å². The first kappa shape index (κ1) is 19.5. The van der Waals surface area contributed by atoms with Gasteiger partial charge in [-0.25, -0.2) is 26.7 Å². The van der Waals surface area contributed by atoms with Crippen molar-refractivity contribution in [2.45, 2.75) is 17.7 Å². The summed E-state index contributed by atoms with van der Waals surface area (Å²) in [6.07, 6.45) is 4.95. The van der Waals surface area contributed by atoms with Gasteiger partial charge in [-0.2, -0.15) is 0 Å². The van der Waals surface area contributed by atoms with Gasteiger partial charge in [-0.1, -0.05) is 36.5 Å². The molecule has 3 nitrogen and oxygen atoms in total. The van der Waals surface area contributed by atoms with Crippen LogP contribution in [0.2, 0.25) is 0 Å². The van der Waals surface area contributed by atoms with Crippen molar-refractivity contribution < 1.29 is 21.6 Å². The van der Waals surface area contributed by atoms with Crippen LogP contribution in [0.25, 0.3) is 5.57 Å². The fourth-order valence-electron chi connectivity index (χ4n) is 2.90. The number of halogens is 3. The van der Waals surface area contributed by atoms with Gasteiger partial charge in [0.15, 0.2) is 4.90 Å². The first-order valence-electron chi connectivity index (χ1n) is 7.80. The molecule has 0 aliphatic heterocycles. The van der Waals surface area contributed by atoms with E-state index in [1.165, 1.54) is 6.07 Å². The molecule has 0 fully saturated rings. The van der Waals surface area contributed by atoms with Crippen LogP contribution in [-0.4, -0.2) is 13.3 Å². The summed E-state index contributed by atoms with van der Waals surface area (Å²) in [5.41, 5.74) is 1.84. The van der Waals surface area contributed by atoms with Crippen LogP contribution in [0, 0.1) is 24.4 Å². The first-order valence-corrected chi connectivity index (χ1v) is 9.75. The summed E-state index contributed by atoms with van der Waals surface area (Å²) in [6, 6.07) is 6.46. The lowest BCUT2D eigenvalue weighted by atomic mass is 9.87. The monoisotopic (exact) mass is 409 g/mol. The van der Waals surface area contributed by atoms with Crippen molar-refractivity contribution in [1.29, 1.82) is 0 Å². The summed E-state index contributed by atoms with van der Waals surface area (Å²) < 4.78 is 64.2. The van der Waals surface area contributed by atoms with E-state index in [9.17, 15) is 21.6 Å². The van der Waals surface area contributed by atoms with Gasteiger partial charge < -0.3 is 0 Å². The Bertz CT molecular complexity index is 1100. The van der Waals surface area contributed by atoms with Crippen LogP contribution in [0.3, 0.4) is 0 Å². The Morgan fingerprint density at radius 2 is 1.67 bits per heavy atom. The molecule has 1 atom stereocenters. The van der Waals surface area contributed by atoms with Crippen molar-refractivity contribution >= 4 is 32.7 Å². The lowest BCUT2D eigenvalue weighted by Crippen LogP contribution is -2.16. The molecule has 0 heterocycles. The summed E-state index contributed by atoms with van der Waals surface area (Å²) in [5, 5.41) is 4.83. The van der Waals surface area contributed by atoms with E-state index in [4.69, 9.17) is 17.4 Å². The molecule has 0 saturated carbocycles. The third-order valence-corrected chi connectivity index (χ3v) is 5.56. The van der Waals surface area contributed by atoms with Crippen LogP contribution < -0.4 is 5.14 Å². The SMILES string of the molecule is Cc1cc(C2C=CC(c3cc(F)c(S(N)(=O)=O)c(F)c3)=CC2=S)ccc1F. The average molecular weight is 409 g/mol. The second kappa shape index (κ2) is 7.03. The van der Waals surface area contributed by atoms with Crippen molar-refractivity contribution in [1.82, 2.24) is 0 Å². The largest absolute Gasteiger partial charge is 0.243 e. The van der Waals surface area contributed by atoms with Gasteiger partial charge in [0, 0.05) is 10.8 Å². The Morgan fingerprint density at radius 3 is 2.19 bits per heavy atom. The van der Waals surface area contributed by atoms with E-state index in [2.05, 4.69) is 0 Å². The van der Waals surface area contributed by atoms with Crippen molar-refractivity contribution in [3.8, 4) is 0 Å². The molecule has 1 unspecified atom stereocenters. The second-order valence-corrected chi connectivity index (χ2v) is 8.13. The zero-order valence-corrected chi connectivity index (χ0v) is 15.7. The molecule has 2 aromatic carbocycles. The van der Waals surface area contributed by atoms with Crippen LogP contribution >= 0.6 is 12.2 Å². The topological polar surface area (TPSA) is 60.2 Å². The van der Waals surface area contributed by atoms with Crippen LogP contribution in [0.1, 0.15) is 22.6 Å². The molecule has 140 valence electrons. The standard InChI is InChI=1S/C19H14F3NO2S2/c1-10-6-12(3-5-15(10)20)14-4-2-11(9-18(14)26)13-7-16(21)19(17(22)8-13)27(23,24)25/h2-9,14H,1H3,(H2,23,24,25). The molecular weight excluding hydrogens is 395 g/mol. The van der Waals surface area contributed by atoms with Gasteiger partial charge in [0.25, 0.3) is 0 Å². The quantitative estimate of drug-likeness (QED) is 0.775. The summed E-state index contributed by atoms with van der Waals surface area (Å²) in [6.45, 7) is 1.65. The Hall–Kier alpha value is -2.29. The summed E-state index contributed by atoms with van der Waals surface area (Å²) in [4.78, 5) is -0.691. The molecule has 27 heavy (non-hydrogen) atoms. The number of allylic oxidation sites excluding steroid dienone is 4. The van der Waals surface area contributed by atoms with Crippen LogP contribution in [0.5, 0.6) is 0 Å². The maximum atomic E-state index is 14.1. The second-order valence-electron chi connectivity index (χ2n) is 6.16. The van der Waals surface area contributed by atoms with Gasteiger partial charge in [-0.3, -0.25) is 0 Å². The Balaban J connectivity index is 1.96. The number of benzene rings is 2. The zero-order chi connectivity index (χ0) is 19.9. The van der Waals surface area contributed by atoms with Crippen molar-refractivity contribution in [3.63, 3.8) is 0 Å². The number of hydrogen-bond acceptors (Lipinski definition) is 3. The highest BCUT2D eigenvalue weighted by Gasteiger charge is 2.23. The Morgan fingerprint density at radius 1 is 1.04 bits per heavy atom. The number of sulfonamides is 1. The van der Waals surface area contributed by atoms with E-state index in [-0.39, 0.29) is 17.3 Å². The average Bonchev–Trinajstić information content (AvgIpc) is 2.55. The molecule has 0 bridgehead atoms. The number of primary sulfonamides is 1. The fourth-order valence-corrected chi connectivity index (χ4v) is 3.90. The predicted molar refractivity (Wildman–Crippen MR) is 101 cm³/mol. The minimum Gasteiger partial charge on any atom is -0.224 e. The first-order chi connectivity index (χ1) is 12.6. The van der Waals surface area contributed by atoms with Crippen molar-refractivity contribution in [2.24, 2.45) is 5.14 Å².